The lowest BCUT2D eigenvalue weighted by atomic mass is 10.1. The standard InChI is InChI=1S/C18H22N4O3/c23-15-11-22(10-14(15)21-8-4-1-5-9-21)18(25)16-12-6-2-3-7-13(12)17(24)20-19-16/h2-3,6-7,14-15,23H,1,4-5,8-11H2,(H,20,24)/t14-,15-/m0/s1. The molecule has 4 rings (SSSR count). The Bertz CT molecular complexity index is 844. The number of likely N-dealkylation sites (tertiary alicyclic amines) is 2. The van der Waals surface area contributed by atoms with Gasteiger partial charge in [0.25, 0.3) is 11.5 Å². The summed E-state index contributed by atoms with van der Waals surface area (Å²) in [5, 5.41) is 17.8. The van der Waals surface area contributed by atoms with Crippen LogP contribution in [0, 0.1) is 0 Å². The van der Waals surface area contributed by atoms with Crippen LogP contribution >= 0.6 is 0 Å². The number of H-pyrrole nitrogens is 1. The maximum absolute atomic E-state index is 13.0. The van der Waals surface area contributed by atoms with E-state index in [1.54, 1.807) is 29.2 Å². The number of nitrogens with zero attached hydrogens (tertiary/aromatic N) is 3. The van der Waals surface area contributed by atoms with Crippen molar-refractivity contribution in [3.63, 3.8) is 0 Å². The van der Waals surface area contributed by atoms with Gasteiger partial charge in [-0.1, -0.05) is 24.6 Å². The number of piperidine rings is 1. The van der Waals surface area contributed by atoms with Gasteiger partial charge in [-0.3, -0.25) is 14.5 Å². The second-order valence-electron chi connectivity index (χ2n) is 6.89. The van der Waals surface area contributed by atoms with Crippen molar-refractivity contribution in [2.24, 2.45) is 0 Å². The summed E-state index contributed by atoms with van der Waals surface area (Å²) in [6.45, 7) is 2.75. The van der Waals surface area contributed by atoms with Crippen molar-refractivity contribution in [1.29, 1.82) is 0 Å². The van der Waals surface area contributed by atoms with Crippen LogP contribution in [0.3, 0.4) is 0 Å². The number of benzene rings is 1. The predicted molar refractivity (Wildman–Crippen MR) is 93.5 cm³/mol. The summed E-state index contributed by atoms with van der Waals surface area (Å²) in [5.41, 5.74) is -0.0681. The molecule has 132 valence electrons. The topological polar surface area (TPSA) is 89.5 Å². The summed E-state index contributed by atoms with van der Waals surface area (Å²) < 4.78 is 0. The highest BCUT2D eigenvalue weighted by Crippen LogP contribution is 2.23. The number of aromatic amines is 1. The molecule has 2 aromatic rings. The van der Waals surface area contributed by atoms with Crippen molar-refractivity contribution in [1.82, 2.24) is 20.0 Å². The third-order valence-electron chi connectivity index (χ3n) is 5.30. The molecule has 2 fully saturated rings. The summed E-state index contributed by atoms with van der Waals surface area (Å²) in [6, 6.07) is 6.95. The van der Waals surface area contributed by atoms with Gasteiger partial charge in [0.15, 0.2) is 5.69 Å². The Morgan fingerprint density at radius 3 is 2.60 bits per heavy atom. The molecule has 2 atom stereocenters. The van der Waals surface area contributed by atoms with Crippen molar-refractivity contribution in [3.8, 4) is 0 Å². The molecule has 1 amide bonds. The van der Waals surface area contributed by atoms with E-state index in [-0.39, 0.29) is 23.2 Å². The van der Waals surface area contributed by atoms with Crippen LogP contribution in [-0.2, 0) is 0 Å². The normalized spacial score (nSPS) is 24.8. The number of rotatable bonds is 2. The predicted octanol–water partition coefficient (Wildman–Crippen LogP) is 0.594. The van der Waals surface area contributed by atoms with Gasteiger partial charge in [-0.2, -0.15) is 5.10 Å². The maximum atomic E-state index is 13.0. The second kappa shape index (κ2) is 6.57. The summed E-state index contributed by atoms with van der Waals surface area (Å²) in [4.78, 5) is 28.8. The maximum Gasteiger partial charge on any atom is 0.275 e. The van der Waals surface area contributed by atoms with E-state index in [0.29, 0.717) is 23.9 Å². The number of carbonyl (C=O) groups is 1. The lowest BCUT2D eigenvalue weighted by Gasteiger charge is -2.33. The van der Waals surface area contributed by atoms with E-state index in [1.165, 1.54) is 6.42 Å². The third-order valence-corrected chi connectivity index (χ3v) is 5.30. The zero-order valence-corrected chi connectivity index (χ0v) is 14.0. The summed E-state index contributed by atoms with van der Waals surface area (Å²) >= 11 is 0. The monoisotopic (exact) mass is 342 g/mol. The number of carbonyl (C=O) groups excluding carboxylic acids is 1. The molecule has 7 nitrogen and oxygen atoms in total. The van der Waals surface area contributed by atoms with Gasteiger partial charge in [0.05, 0.1) is 17.5 Å². The molecule has 0 spiro atoms. The Kier molecular flexibility index (Phi) is 4.27. The van der Waals surface area contributed by atoms with Gasteiger partial charge >= 0.3 is 0 Å². The van der Waals surface area contributed by atoms with Crippen LogP contribution in [0.1, 0.15) is 29.8 Å². The number of hydrogen-bond acceptors (Lipinski definition) is 5. The van der Waals surface area contributed by atoms with Crippen LogP contribution in [0.25, 0.3) is 10.8 Å². The Balaban J connectivity index is 1.60. The van der Waals surface area contributed by atoms with E-state index < -0.39 is 6.10 Å². The zero-order valence-electron chi connectivity index (χ0n) is 14.0. The average molecular weight is 342 g/mol. The second-order valence-corrected chi connectivity index (χ2v) is 6.89. The summed E-state index contributed by atoms with van der Waals surface area (Å²) in [7, 11) is 0. The molecule has 25 heavy (non-hydrogen) atoms. The first-order valence-electron chi connectivity index (χ1n) is 8.84. The highest BCUT2D eigenvalue weighted by Gasteiger charge is 2.38. The number of β-amino-alcohol motifs (C(OH)–C–C–N with tert-alkyl or cyclic N) is 1. The lowest BCUT2D eigenvalue weighted by Crippen LogP contribution is -2.46. The van der Waals surface area contributed by atoms with Crippen LogP contribution < -0.4 is 5.56 Å². The molecule has 0 radical (unpaired) electrons. The molecule has 0 saturated carbocycles. The molecule has 2 saturated heterocycles. The number of hydrogen-bond donors (Lipinski definition) is 2. The van der Waals surface area contributed by atoms with Crippen molar-refractivity contribution in [3.05, 3.63) is 40.3 Å². The van der Waals surface area contributed by atoms with Gasteiger partial charge in [0.1, 0.15) is 0 Å². The van der Waals surface area contributed by atoms with E-state index >= 15 is 0 Å². The fourth-order valence-corrected chi connectivity index (χ4v) is 3.97. The molecule has 2 aliphatic heterocycles. The van der Waals surface area contributed by atoms with Crippen LogP contribution in [0.5, 0.6) is 0 Å². The van der Waals surface area contributed by atoms with E-state index in [2.05, 4.69) is 15.1 Å². The number of nitrogens with one attached hydrogen (secondary N) is 1. The van der Waals surface area contributed by atoms with Gasteiger partial charge in [-0.15, -0.1) is 0 Å². The minimum atomic E-state index is -0.545. The van der Waals surface area contributed by atoms with E-state index in [9.17, 15) is 14.7 Å². The van der Waals surface area contributed by atoms with Crippen molar-refractivity contribution >= 4 is 16.7 Å². The first-order valence-corrected chi connectivity index (χ1v) is 8.84. The highest BCUT2D eigenvalue weighted by molar-refractivity contribution is 6.04. The SMILES string of the molecule is O=C(c1n[nH]c(=O)c2ccccc12)N1C[C@H](O)[C@@H](N2CCCCC2)C1. The third kappa shape index (κ3) is 2.94. The number of aliphatic hydroxyl groups is 1. The van der Waals surface area contributed by atoms with Gasteiger partial charge in [-0.05, 0) is 32.0 Å². The fraction of sp³-hybridized carbons (Fsp3) is 0.500. The average Bonchev–Trinajstić information content (AvgIpc) is 3.04. The van der Waals surface area contributed by atoms with E-state index in [4.69, 9.17) is 0 Å². The number of aliphatic hydroxyl groups excluding tert-OH is 1. The molecular formula is C18H22N4O3. The first kappa shape index (κ1) is 16.2. The van der Waals surface area contributed by atoms with Gasteiger partial charge in [0, 0.05) is 18.5 Å². The quantitative estimate of drug-likeness (QED) is 0.834. The molecule has 0 aliphatic carbocycles. The largest absolute Gasteiger partial charge is 0.390 e. The van der Waals surface area contributed by atoms with E-state index in [0.717, 1.165) is 25.9 Å². The van der Waals surface area contributed by atoms with Crippen LogP contribution in [0.2, 0.25) is 0 Å². The lowest BCUT2D eigenvalue weighted by molar-refractivity contribution is 0.0702. The van der Waals surface area contributed by atoms with Crippen LogP contribution in [-0.4, -0.2) is 69.3 Å². The van der Waals surface area contributed by atoms with Gasteiger partial charge < -0.3 is 10.0 Å². The van der Waals surface area contributed by atoms with Gasteiger partial charge in [-0.25, -0.2) is 5.10 Å². The molecular weight excluding hydrogens is 320 g/mol. The molecule has 2 aliphatic rings. The first-order chi connectivity index (χ1) is 12.1. The van der Waals surface area contributed by atoms with Crippen LogP contribution in [0.4, 0.5) is 0 Å². The molecule has 2 N–H and O–H groups in total. The molecule has 3 heterocycles. The number of amides is 1. The molecule has 7 heteroatoms. The Hall–Kier alpha value is -2.25. The Labute approximate surface area is 145 Å². The van der Waals surface area contributed by atoms with Gasteiger partial charge in [0.2, 0.25) is 0 Å². The minimum Gasteiger partial charge on any atom is -0.390 e. The molecule has 0 unspecified atom stereocenters. The molecule has 1 aromatic carbocycles. The fourth-order valence-electron chi connectivity index (χ4n) is 3.97. The van der Waals surface area contributed by atoms with Crippen molar-refractivity contribution in [2.75, 3.05) is 26.2 Å². The Morgan fingerprint density at radius 2 is 1.84 bits per heavy atom. The molecule has 0 bridgehead atoms. The van der Waals surface area contributed by atoms with Crippen LogP contribution in [0.15, 0.2) is 29.1 Å². The zero-order chi connectivity index (χ0) is 17.4. The summed E-state index contributed by atoms with van der Waals surface area (Å²) in [5.74, 6) is -0.244. The number of fused-ring (bicyclic) bond motifs is 1. The summed E-state index contributed by atoms with van der Waals surface area (Å²) in [6.07, 6.45) is 2.97. The molecule has 1 aromatic heterocycles. The highest BCUT2D eigenvalue weighted by atomic mass is 16.3. The number of aromatic nitrogens is 2. The van der Waals surface area contributed by atoms with E-state index in [1.807, 2.05) is 0 Å². The Morgan fingerprint density at radius 1 is 1.12 bits per heavy atom. The smallest absolute Gasteiger partial charge is 0.275 e. The van der Waals surface area contributed by atoms with Crippen molar-refractivity contribution < 1.29 is 9.90 Å². The minimum absolute atomic E-state index is 0.0155. The van der Waals surface area contributed by atoms with Crippen molar-refractivity contribution in [2.45, 2.75) is 31.4 Å².